The molecule has 1 saturated carbocycles. The number of esters is 1. The van der Waals surface area contributed by atoms with Gasteiger partial charge in [-0.1, -0.05) is 30.3 Å². The van der Waals surface area contributed by atoms with Gasteiger partial charge in [-0.2, -0.15) is 0 Å². The second-order valence-corrected chi connectivity index (χ2v) is 6.06. The Balaban J connectivity index is 1.90. The summed E-state index contributed by atoms with van der Waals surface area (Å²) in [6.45, 7) is 1.34. The van der Waals surface area contributed by atoms with Crippen molar-refractivity contribution in [1.29, 1.82) is 0 Å². The normalized spacial score (nSPS) is 24.4. The topological polar surface area (TPSA) is 43.4 Å². The van der Waals surface area contributed by atoms with E-state index >= 15 is 0 Å². The average Bonchev–Trinajstić information content (AvgIpc) is 2.87. The van der Waals surface area contributed by atoms with Crippen LogP contribution in [0, 0.1) is 5.41 Å². The van der Waals surface area contributed by atoms with Gasteiger partial charge in [0, 0.05) is 12.0 Å². The Bertz CT molecular complexity index is 484. The molecule has 0 N–H and O–H groups in total. The smallest absolute Gasteiger partial charge is 0.315 e. The molecule has 2 rings (SSSR count). The summed E-state index contributed by atoms with van der Waals surface area (Å²) in [6.07, 6.45) is 0.349. The molecule has 18 heavy (non-hydrogen) atoms. The molecule has 0 saturated heterocycles. The van der Waals surface area contributed by atoms with E-state index in [2.05, 4.69) is 0 Å². The number of benzene rings is 1. The van der Waals surface area contributed by atoms with Gasteiger partial charge in [-0.05, 0) is 6.92 Å². The highest BCUT2D eigenvalue weighted by Gasteiger charge is 2.69. The molecule has 1 unspecified atom stereocenters. The van der Waals surface area contributed by atoms with Gasteiger partial charge in [0.15, 0.2) is 12.4 Å². The number of ketones is 1. The molecule has 0 radical (unpaired) electrons. The zero-order chi connectivity index (χ0) is 13.4. The van der Waals surface area contributed by atoms with E-state index in [4.69, 9.17) is 27.9 Å². The summed E-state index contributed by atoms with van der Waals surface area (Å²) in [6, 6.07) is 8.65. The van der Waals surface area contributed by atoms with Crippen LogP contribution in [0.4, 0.5) is 0 Å². The molecule has 0 heterocycles. The number of Topliss-reactive ketones (excluding diaryl/α,β-unsaturated/α-hetero) is 1. The molecule has 0 bridgehead atoms. The minimum Gasteiger partial charge on any atom is -0.457 e. The highest BCUT2D eigenvalue weighted by atomic mass is 35.5. The van der Waals surface area contributed by atoms with E-state index in [9.17, 15) is 9.59 Å². The van der Waals surface area contributed by atoms with Gasteiger partial charge in [0.1, 0.15) is 9.75 Å². The van der Waals surface area contributed by atoms with Crippen LogP contribution >= 0.6 is 23.2 Å². The van der Waals surface area contributed by atoms with Crippen LogP contribution in [-0.4, -0.2) is 22.7 Å². The van der Waals surface area contributed by atoms with Crippen LogP contribution in [0.2, 0.25) is 0 Å². The number of ether oxygens (including phenoxy) is 1. The van der Waals surface area contributed by atoms with Crippen LogP contribution in [0.1, 0.15) is 23.7 Å². The van der Waals surface area contributed by atoms with E-state index < -0.39 is 15.7 Å². The quantitative estimate of drug-likeness (QED) is 0.486. The Kier molecular flexibility index (Phi) is 3.39. The molecule has 3 nitrogen and oxygen atoms in total. The third-order valence-corrected chi connectivity index (χ3v) is 4.24. The van der Waals surface area contributed by atoms with Crippen molar-refractivity contribution in [3.8, 4) is 0 Å². The van der Waals surface area contributed by atoms with Crippen LogP contribution in [0.5, 0.6) is 0 Å². The highest BCUT2D eigenvalue weighted by molar-refractivity contribution is 6.53. The third-order valence-electron chi connectivity index (χ3n) is 3.14. The van der Waals surface area contributed by atoms with E-state index in [1.807, 2.05) is 6.07 Å². The maximum atomic E-state index is 11.7. The number of hydrogen-bond donors (Lipinski definition) is 0. The molecular formula is C13H12Cl2O3. The predicted octanol–water partition coefficient (Wildman–Crippen LogP) is 3.00. The molecule has 0 spiro atoms. The van der Waals surface area contributed by atoms with Crippen molar-refractivity contribution in [3.05, 3.63) is 35.9 Å². The average molecular weight is 287 g/mol. The number of carbonyl (C=O) groups excluding carboxylic acids is 2. The van der Waals surface area contributed by atoms with E-state index in [1.54, 1.807) is 31.2 Å². The maximum absolute atomic E-state index is 11.7. The molecule has 0 aromatic heterocycles. The molecule has 0 amide bonds. The van der Waals surface area contributed by atoms with Gasteiger partial charge in [-0.25, -0.2) is 0 Å². The van der Waals surface area contributed by atoms with Gasteiger partial charge < -0.3 is 4.74 Å². The fourth-order valence-electron chi connectivity index (χ4n) is 1.62. The molecule has 1 fully saturated rings. The molecule has 1 aromatic carbocycles. The van der Waals surface area contributed by atoms with Crippen LogP contribution in [-0.2, 0) is 9.53 Å². The first kappa shape index (κ1) is 13.4. The molecule has 1 aliphatic rings. The fraction of sp³-hybridized carbons (Fsp3) is 0.385. The monoisotopic (exact) mass is 286 g/mol. The molecule has 1 atom stereocenters. The Morgan fingerprint density at radius 1 is 1.28 bits per heavy atom. The largest absolute Gasteiger partial charge is 0.457 e. The van der Waals surface area contributed by atoms with Gasteiger partial charge in [0.25, 0.3) is 0 Å². The lowest BCUT2D eigenvalue weighted by atomic mass is 10.1. The summed E-state index contributed by atoms with van der Waals surface area (Å²) in [5.41, 5.74) is -0.387. The summed E-state index contributed by atoms with van der Waals surface area (Å²) in [5, 5.41) is 0. The van der Waals surface area contributed by atoms with Crippen molar-refractivity contribution in [2.75, 3.05) is 6.61 Å². The van der Waals surface area contributed by atoms with Crippen molar-refractivity contribution in [2.45, 2.75) is 17.7 Å². The lowest BCUT2D eigenvalue weighted by molar-refractivity contribution is -0.148. The summed E-state index contributed by atoms with van der Waals surface area (Å²) in [4.78, 5) is 23.4. The number of carbonyl (C=O) groups is 2. The molecule has 1 aliphatic carbocycles. The Labute approximate surface area is 115 Å². The minimum absolute atomic E-state index is 0.247. The molecule has 1 aromatic rings. The lowest BCUT2D eigenvalue weighted by Gasteiger charge is -2.11. The Morgan fingerprint density at radius 2 is 1.83 bits per heavy atom. The summed E-state index contributed by atoms with van der Waals surface area (Å²) in [7, 11) is 0. The first-order valence-corrected chi connectivity index (χ1v) is 6.26. The fourth-order valence-corrected chi connectivity index (χ4v) is 2.31. The Morgan fingerprint density at radius 3 is 2.33 bits per heavy atom. The molecule has 5 heteroatoms. The van der Waals surface area contributed by atoms with Crippen molar-refractivity contribution >= 4 is 35.0 Å². The SMILES string of the molecule is CC1(C(=O)OCC(=O)c2ccccc2)CC1(Cl)Cl. The summed E-state index contributed by atoms with van der Waals surface area (Å²) < 4.78 is 3.89. The second kappa shape index (κ2) is 4.56. The zero-order valence-corrected chi connectivity index (χ0v) is 11.3. The predicted molar refractivity (Wildman–Crippen MR) is 68.9 cm³/mol. The first-order valence-electron chi connectivity index (χ1n) is 5.50. The van der Waals surface area contributed by atoms with Crippen LogP contribution in [0.15, 0.2) is 30.3 Å². The van der Waals surface area contributed by atoms with Crippen molar-refractivity contribution < 1.29 is 14.3 Å². The standard InChI is InChI=1S/C13H12Cl2O3/c1-12(8-13(12,14)15)11(17)18-7-10(16)9-5-3-2-4-6-9/h2-6H,7-8H2,1H3. The van der Waals surface area contributed by atoms with Gasteiger partial charge in [0.2, 0.25) is 0 Å². The van der Waals surface area contributed by atoms with Crippen molar-refractivity contribution in [1.82, 2.24) is 0 Å². The van der Waals surface area contributed by atoms with Gasteiger partial charge in [-0.3, -0.25) is 9.59 Å². The van der Waals surface area contributed by atoms with E-state index in [0.717, 1.165) is 0 Å². The van der Waals surface area contributed by atoms with E-state index in [-0.39, 0.29) is 12.4 Å². The molecular weight excluding hydrogens is 275 g/mol. The van der Waals surface area contributed by atoms with Crippen LogP contribution in [0.3, 0.4) is 0 Å². The number of alkyl halides is 2. The first-order chi connectivity index (χ1) is 8.37. The number of hydrogen-bond acceptors (Lipinski definition) is 3. The summed E-state index contributed by atoms with van der Waals surface area (Å²) in [5.74, 6) is -0.778. The van der Waals surface area contributed by atoms with Crippen molar-refractivity contribution in [3.63, 3.8) is 0 Å². The van der Waals surface area contributed by atoms with Gasteiger partial charge >= 0.3 is 5.97 Å². The van der Waals surface area contributed by atoms with Crippen LogP contribution < -0.4 is 0 Å². The maximum Gasteiger partial charge on any atom is 0.315 e. The third kappa shape index (κ3) is 2.38. The Hall–Kier alpha value is -1.06. The van der Waals surface area contributed by atoms with Crippen LogP contribution in [0.25, 0.3) is 0 Å². The molecule has 0 aliphatic heterocycles. The number of halogens is 2. The highest BCUT2D eigenvalue weighted by Crippen LogP contribution is 2.64. The zero-order valence-electron chi connectivity index (χ0n) is 9.78. The lowest BCUT2D eigenvalue weighted by Crippen LogP contribution is -2.24. The van der Waals surface area contributed by atoms with Gasteiger partial charge in [-0.15, -0.1) is 23.2 Å². The van der Waals surface area contributed by atoms with E-state index in [0.29, 0.717) is 12.0 Å². The number of rotatable bonds is 4. The summed E-state index contributed by atoms with van der Waals surface area (Å²) >= 11 is 11.7. The second-order valence-electron chi connectivity index (χ2n) is 4.58. The minimum atomic E-state index is -1.07. The molecule has 96 valence electrons. The van der Waals surface area contributed by atoms with Crippen molar-refractivity contribution in [2.24, 2.45) is 5.41 Å². The van der Waals surface area contributed by atoms with Gasteiger partial charge in [0.05, 0.1) is 0 Å². The van der Waals surface area contributed by atoms with E-state index in [1.165, 1.54) is 0 Å².